The number of benzene rings is 4. The van der Waals surface area contributed by atoms with Crippen LogP contribution in [0.5, 0.6) is 11.5 Å². The lowest BCUT2D eigenvalue weighted by Gasteiger charge is -2.21. The van der Waals surface area contributed by atoms with Gasteiger partial charge in [-0.3, -0.25) is 4.79 Å². The molecule has 0 spiro atoms. The van der Waals surface area contributed by atoms with Crippen LogP contribution >= 0.6 is 0 Å². The van der Waals surface area contributed by atoms with E-state index in [1.165, 1.54) is 28.2 Å². The molecule has 5 aromatic rings. The van der Waals surface area contributed by atoms with Gasteiger partial charge in [0.05, 0.1) is 5.56 Å². The lowest BCUT2D eigenvalue weighted by atomic mass is 9.90. The van der Waals surface area contributed by atoms with Crippen molar-refractivity contribution in [2.45, 2.75) is 20.3 Å². The maximum atomic E-state index is 12.9. The molecule has 9 heteroatoms. The van der Waals surface area contributed by atoms with Crippen LogP contribution < -0.4 is 10.1 Å². The van der Waals surface area contributed by atoms with Crippen molar-refractivity contribution in [1.82, 2.24) is 4.90 Å². The fraction of sp³-hybridized carbons (Fsp3) is 0.152. The average molecular weight is 569 g/mol. The van der Waals surface area contributed by atoms with Crippen LogP contribution in [0.4, 0.5) is 0 Å². The van der Waals surface area contributed by atoms with Gasteiger partial charge in [-0.2, -0.15) is 0 Å². The van der Waals surface area contributed by atoms with Crippen molar-refractivity contribution < 1.29 is 39.8 Å². The molecule has 0 fully saturated rings. The molecule has 0 saturated carbocycles. The van der Waals surface area contributed by atoms with Gasteiger partial charge < -0.3 is 25.3 Å². The van der Waals surface area contributed by atoms with Gasteiger partial charge in [0.25, 0.3) is 0 Å². The van der Waals surface area contributed by atoms with Crippen molar-refractivity contribution in [2.24, 2.45) is 0 Å². The second kappa shape index (κ2) is 13.8. The van der Waals surface area contributed by atoms with Crippen LogP contribution in [-0.2, 0) is 11.2 Å². The number of carbonyl (C=O) groups is 3. The smallest absolute Gasteiger partial charge is 0.339 e. The highest BCUT2D eigenvalue weighted by molar-refractivity contribution is 6.02. The number of phenols is 1. The number of fused-ring (bicyclic) bond motifs is 2. The fourth-order valence-corrected chi connectivity index (χ4v) is 4.26. The highest BCUT2D eigenvalue weighted by Gasteiger charge is 2.20. The minimum atomic E-state index is -1.34. The summed E-state index contributed by atoms with van der Waals surface area (Å²) < 4.78 is 0. The second-order valence-electron chi connectivity index (χ2n) is 9.79. The molecule has 0 bridgehead atoms. The van der Waals surface area contributed by atoms with Crippen LogP contribution in [0.15, 0.2) is 79.1 Å². The Labute approximate surface area is 242 Å². The Kier molecular flexibility index (Phi) is 10.2. The van der Waals surface area contributed by atoms with Crippen molar-refractivity contribution in [1.29, 1.82) is 0 Å². The molecule has 5 rings (SSSR count). The Hall–Kier alpha value is -5.44. The van der Waals surface area contributed by atoms with Crippen LogP contribution in [0.25, 0.3) is 21.5 Å². The summed E-state index contributed by atoms with van der Waals surface area (Å²) in [5, 5.41) is 44.8. The van der Waals surface area contributed by atoms with Crippen LogP contribution in [0.3, 0.4) is 0 Å². The van der Waals surface area contributed by atoms with E-state index < -0.39 is 23.4 Å². The lowest BCUT2D eigenvalue weighted by Crippen LogP contribution is -2.09. The zero-order valence-corrected chi connectivity index (χ0v) is 23.7. The predicted octanol–water partition coefficient (Wildman–Crippen LogP) is 4.58. The van der Waals surface area contributed by atoms with Crippen LogP contribution in [-0.4, -0.2) is 52.7 Å². The summed E-state index contributed by atoms with van der Waals surface area (Å²) in [4.78, 5) is 37.0. The Morgan fingerprint density at radius 2 is 1.33 bits per heavy atom. The maximum Gasteiger partial charge on any atom is 0.339 e. The molecular formula is C33H32N2O7. The van der Waals surface area contributed by atoms with Crippen LogP contribution in [0.2, 0.25) is 0 Å². The highest BCUT2D eigenvalue weighted by atomic mass is 16.4. The molecule has 0 saturated heterocycles. The Balaban J connectivity index is 0.000000309. The minimum absolute atomic E-state index is 0.103. The molecular weight excluding hydrogens is 536 g/mol. The van der Waals surface area contributed by atoms with Gasteiger partial charge in [-0.05, 0) is 58.7 Å². The molecule has 4 N–H and O–H groups in total. The first-order chi connectivity index (χ1) is 20.0. The van der Waals surface area contributed by atoms with Gasteiger partial charge in [-0.25, -0.2) is 14.6 Å². The number of carbonyl (C=O) groups excluding carboxylic acids is 1. The average Bonchev–Trinajstić information content (AvgIpc) is 2.97. The van der Waals surface area contributed by atoms with Crippen molar-refractivity contribution >= 4 is 39.9 Å². The number of amides is 1. The lowest BCUT2D eigenvalue weighted by molar-refractivity contribution is -0.378. The van der Waals surface area contributed by atoms with E-state index in [4.69, 9.17) is 0 Å². The van der Waals surface area contributed by atoms with Crippen molar-refractivity contribution in [3.8, 4) is 11.5 Å². The first kappa shape index (κ1) is 31.1. The number of pyridine rings is 1. The normalized spacial score (nSPS) is 10.2. The Morgan fingerprint density at radius 3 is 1.79 bits per heavy atom. The molecule has 216 valence electrons. The summed E-state index contributed by atoms with van der Waals surface area (Å²) in [6.45, 7) is 4.19. The number of nitrogens with one attached hydrogen (secondary N) is 1. The minimum Gasteiger partial charge on any atom is -0.872 e. The zero-order valence-electron chi connectivity index (χ0n) is 23.7. The summed E-state index contributed by atoms with van der Waals surface area (Å²) >= 11 is 0. The predicted molar refractivity (Wildman–Crippen MR) is 158 cm³/mol. The molecule has 4 aromatic carbocycles. The third-order valence-electron chi connectivity index (χ3n) is 6.61. The number of rotatable bonds is 5. The molecule has 0 atom stereocenters. The van der Waals surface area contributed by atoms with Crippen LogP contribution in [0, 0.1) is 13.8 Å². The molecule has 1 aromatic heterocycles. The zero-order chi connectivity index (χ0) is 31.0. The van der Waals surface area contributed by atoms with Gasteiger partial charge in [-0.1, -0.05) is 54.3 Å². The first-order valence-electron chi connectivity index (χ1n) is 12.9. The van der Waals surface area contributed by atoms with Gasteiger partial charge in [0, 0.05) is 37.7 Å². The van der Waals surface area contributed by atoms with E-state index in [-0.39, 0.29) is 28.7 Å². The van der Waals surface area contributed by atoms with E-state index in [0.29, 0.717) is 21.5 Å². The van der Waals surface area contributed by atoms with Crippen molar-refractivity contribution in [2.75, 3.05) is 14.1 Å². The number of aromatic amines is 1. The SMILES string of the molecule is CN(C)C=O.Cc1cc[nH+]cc1C.O=C(O)c1cc2ccccc2c(Cc2c(O)c(C(=O)O)cc3ccccc23)c1[O-]. The molecule has 0 aliphatic rings. The third-order valence-corrected chi connectivity index (χ3v) is 6.61. The number of aryl methyl sites for hydroxylation is 2. The number of aromatic nitrogens is 1. The molecule has 0 aliphatic carbocycles. The fourth-order valence-electron chi connectivity index (χ4n) is 4.26. The highest BCUT2D eigenvalue weighted by Crippen LogP contribution is 2.37. The number of carboxylic acids is 2. The molecule has 1 amide bonds. The number of aromatic carboxylic acids is 2. The quantitative estimate of drug-likeness (QED) is 0.262. The van der Waals surface area contributed by atoms with Gasteiger partial charge in [0.1, 0.15) is 11.3 Å². The van der Waals surface area contributed by atoms with Crippen LogP contribution in [0.1, 0.15) is 43.0 Å². The Morgan fingerprint density at radius 1 is 0.833 bits per heavy atom. The number of carboxylic acid groups (broad SMARTS) is 2. The summed E-state index contributed by atoms with van der Waals surface area (Å²) in [6, 6.07) is 18.6. The van der Waals surface area contributed by atoms with E-state index in [2.05, 4.69) is 24.9 Å². The van der Waals surface area contributed by atoms with Gasteiger partial charge in [0.2, 0.25) is 6.41 Å². The maximum absolute atomic E-state index is 12.9. The molecule has 0 aliphatic heterocycles. The summed E-state index contributed by atoms with van der Waals surface area (Å²) in [5.41, 5.74) is 2.48. The number of nitrogens with zero attached hydrogens (tertiary/aromatic N) is 1. The topological polar surface area (TPSA) is 152 Å². The van der Waals surface area contributed by atoms with Gasteiger partial charge >= 0.3 is 11.9 Å². The first-order valence-corrected chi connectivity index (χ1v) is 12.9. The molecule has 9 nitrogen and oxygen atoms in total. The third kappa shape index (κ3) is 7.19. The molecule has 1 heterocycles. The van der Waals surface area contributed by atoms with E-state index in [0.717, 1.165) is 6.41 Å². The van der Waals surface area contributed by atoms with Gasteiger partial charge in [0.15, 0.2) is 12.4 Å². The number of H-pyrrole nitrogens is 1. The number of aromatic hydroxyl groups is 1. The standard InChI is InChI=1S/C23H16O6.C7H9N.C3H7NO/c24-20-16(14-7-3-1-5-12(14)9-18(20)22(26)27)11-17-15-8-4-2-6-13(15)10-19(21(17)25)23(28)29;1-6-3-4-8-5-7(6)2;1-4(2)3-5/h1-10,24-25H,11H2,(H,26,27)(H,28,29);3-5H,1-2H3;3H,1-2H3. The van der Waals surface area contributed by atoms with E-state index >= 15 is 0 Å². The van der Waals surface area contributed by atoms with Crippen molar-refractivity contribution in [3.63, 3.8) is 0 Å². The number of hydrogen-bond donors (Lipinski definition) is 3. The number of hydrogen-bond acceptors (Lipinski definition) is 5. The molecule has 42 heavy (non-hydrogen) atoms. The van der Waals surface area contributed by atoms with Gasteiger partial charge in [-0.15, -0.1) is 0 Å². The van der Waals surface area contributed by atoms with Crippen molar-refractivity contribution in [3.05, 3.63) is 113 Å². The summed E-state index contributed by atoms with van der Waals surface area (Å²) in [6.07, 6.45) is 4.57. The summed E-state index contributed by atoms with van der Waals surface area (Å²) in [5.74, 6) is -3.71. The van der Waals surface area contributed by atoms with E-state index in [1.807, 2.05) is 12.4 Å². The van der Waals surface area contributed by atoms with E-state index in [1.54, 1.807) is 62.6 Å². The second-order valence-corrected chi connectivity index (χ2v) is 9.79. The molecule has 0 radical (unpaired) electrons. The molecule has 0 unspecified atom stereocenters. The Bertz CT molecular complexity index is 1640. The van der Waals surface area contributed by atoms with E-state index in [9.17, 15) is 34.8 Å². The largest absolute Gasteiger partial charge is 0.872 e. The summed E-state index contributed by atoms with van der Waals surface area (Å²) in [7, 11) is 3.38. The monoisotopic (exact) mass is 568 g/mol.